The molecule has 3 heterocycles. The average Bonchev–Trinajstić information content (AvgIpc) is 3.31. The summed E-state index contributed by atoms with van der Waals surface area (Å²) in [6.45, 7) is 8.43. The largest absolute Gasteiger partial charge is 0.351 e. The van der Waals surface area contributed by atoms with E-state index in [9.17, 15) is 0 Å². The number of nitrogens with zero attached hydrogens (tertiary/aromatic N) is 3. The zero-order valence-electron chi connectivity index (χ0n) is 20.0. The molecule has 2 aromatic carbocycles. The fourth-order valence-electron chi connectivity index (χ4n) is 5.16. The van der Waals surface area contributed by atoms with E-state index < -0.39 is 0 Å². The Kier molecular flexibility index (Phi) is 6.34. The number of nitrogens with one attached hydrogen (secondary N) is 1. The monoisotopic (exact) mass is 520 g/mol. The van der Waals surface area contributed by atoms with Crippen molar-refractivity contribution in [1.29, 1.82) is 0 Å². The molecule has 4 nitrogen and oxygen atoms in total. The Hall–Kier alpha value is -2.86. The van der Waals surface area contributed by atoms with E-state index in [1.54, 1.807) is 6.07 Å². The van der Waals surface area contributed by atoms with Crippen molar-refractivity contribution in [3.63, 3.8) is 0 Å². The fraction of sp³-hybridized carbons (Fsp3) is 0.214. The maximum absolute atomic E-state index is 6.64. The summed E-state index contributed by atoms with van der Waals surface area (Å²) in [6.07, 6.45) is 1.83. The van der Waals surface area contributed by atoms with Gasteiger partial charge in [0, 0.05) is 23.3 Å². The van der Waals surface area contributed by atoms with Crippen molar-refractivity contribution in [2.24, 2.45) is 0 Å². The molecule has 1 aliphatic rings. The smallest absolute Gasteiger partial charge is 0.174 e. The summed E-state index contributed by atoms with van der Waals surface area (Å²) >= 11 is 18.9. The van der Waals surface area contributed by atoms with Crippen LogP contribution in [0.3, 0.4) is 0 Å². The van der Waals surface area contributed by atoms with Gasteiger partial charge in [0.25, 0.3) is 0 Å². The maximum Gasteiger partial charge on any atom is 0.174 e. The molecule has 1 N–H and O–H groups in total. The predicted molar refractivity (Wildman–Crippen MR) is 149 cm³/mol. The van der Waals surface area contributed by atoms with Gasteiger partial charge in [-0.2, -0.15) is 0 Å². The lowest BCUT2D eigenvalue weighted by Gasteiger charge is -2.29. The summed E-state index contributed by atoms with van der Waals surface area (Å²) in [5.74, 6) is 0. The molecule has 2 atom stereocenters. The molecule has 1 saturated heterocycles. The van der Waals surface area contributed by atoms with Crippen LogP contribution in [0.5, 0.6) is 0 Å². The van der Waals surface area contributed by atoms with Crippen molar-refractivity contribution in [2.75, 3.05) is 4.90 Å². The normalized spacial score (nSPS) is 17.7. The van der Waals surface area contributed by atoms with Gasteiger partial charge in [0.1, 0.15) is 0 Å². The molecular weight excluding hydrogens is 495 g/mol. The number of aromatic nitrogens is 2. The van der Waals surface area contributed by atoms with E-state index in [-0.39, 0.29) is 12.1 Å². The highest BCUT2D eigenvalue weighted by Crippen LogP contribution is 2.44. The minimum absolute atomic E-state index is 0.100. The van der Waals surface area contributed by atoms with E-state index in [2.05, 4.69) is 71.7 Å². The Morgan fingerprint density at radius 3 is 2.34 bits per heavy atom. The number of aryl methyl sites for hydroxylation is 3. The van der Waals surface area contributed by atoms with E-state index in [1.807, 2.05) is 36.5 Å². The molecule has 0 saturated carbocycles. The van der Waals surface area contributed by atoms with Gasteiger partial charge < -0.3 is 14.8 Å². The molecule has 1 fully saturated rings. The molecule has 178 valence electrons. The average molecular weight is 522 g/mol. The number of benzene rings is 2. The van der Waals surface area contributed by atoms with E-state index in [4.69, 9.17) is 35.4 Å². The molecule has 5 rings (SSSR count). The van der Waals surface area contributed by atoms with Gasteiger partial charge in [0.15, 0.2) is 5.11 Å². The van der Waals surface area contributed by atoms with E-state index in [1.165, 1.54) is 11.1 Å². The summed E-state index contributed by atoms with van der Waals surface area (Å²) in [6, 6.07) is 20.3. The SMILES string of the molecule is Cc1cc(C)cc(N2C(=S)N[C@H](c3ccccn3)[C@H]2c2cc(C)n(-c3cccc(Cl)c3Cl)c2C)c1. The van der Waals surface area contributed by atoms with Crippen LogP contribution in [0.2, 0.25) is 10.0 Å². The van der Waals surface area contributed by atoms with Gasteiger partial charge in [-0.25, -0.2) is 0 Å². The molecule has 0 radical (unpaired) electrons. The van der Waals surface area contributed by atoms with Crippen molar-refractivity contribution in [3.05, 3.63) is 111 Å². The molecule has 1 aliphatic heterocycles. The lowest BCUT2D eigenvalue weighted by atomic mass is 9.96. The molecule has 2 aromatic heterocycles. The number of thiocarbonyl (C=S) groups is 1. The molecule has 4 aromatic rings. The molecule has 0 unspecified atom stereocenters. The van der Waals surface area contributed by atoms with Gasteiger partial charge in [0.05, 0.1) is 33.5 Å². The molecule has 35 heavy (non-hydrogen) atoms. The Bertz CT molecular complexity index is 1410. The minimum atomic E-state index is -0.117. The minimum Gasteiger partial charge on any atom is -0.351 e. The second-order valence-electron chi connectivity index (χ2n) is 9.08. The zero-order chi connectivity index (χ0) is 24.9. The summed E-state index contributed by atoms with van der Waals surface area (Å²) in [4.78, 5) is 6.91. The fourth-order valence-corrected chi connectivity index (χ4v) is 5.89. The van der Waals surface area contributed by atoms with Crippen molar-refractivity contribution in [1.82, 2.24) is 14.9 Å². The van der Waals surface area contributed by atoms with Gasteiger partial charge in [-0.05, 0) is 99.1 Å². The van der Waals surface area contributed by atoms with Gasteiger partial charge in [-0.3, -0.25) is 4.98 Å². The quantitative estimate of drug-likeness (QED) is 0.281. The van der Waals surface area contributed by atoms with Crippen LogP contribution < -0.4 is 10.2 Å². The second-order valence-corrected chi connectivity index (χ2v) is 10.2. The van der Waals surface area contributed by atoms with Crippen molar-refractivity contribution >= 4 is 46.2 Å². The highest BCUT2D eigenvalue weighted by atomic mass is 35.5. The summed E-state index contributed by atoms with van der Waals surface area (Å²) in [5.41, 5.74) is 8.56. The van der Waals surface area contributed by atoms with Gasteiger partial charge in [-0.15, -0.1) is 0 Å². The van der Waals surface area contributed by atoms with Crippen LogP contribution in [0.1, 0.15) is 45.9 Å². The van der Waals surface area contributed by atoms with Crippen molar-refractivity contribution < 1.29 is 0 Å². The Morgan fingerprint density at radius 1 is 0.914 bits per heavy atom. The molecule has 0 amide bonds. The maximum atomic E-state index is 6.64. The van der Waals surface area contributed by atoms with E-state index >= 15 is 0 Å². The number of anilines is 1. The van der Waals surface area contributed by atoms with Crippen molar-refractivity contribution in [2.45, 2.75) is 39.8 Å². The first-order valence-corrected chi connectivity index (χ1v) is 12.6. The lowest BCUT2D eigenvalue weighted by Crippen LogP contribution is -2.29. The van der Waals surface area contributed by atoms with Gasteiger partial charge in [-0.1, -0.05) is 41.4 Å². The summed E-state index contributed by atoms with van der Waals surface area (Å²) < 4.78 is 2.17. The first-order valence-electron chi connectivity index (χ1n) is 11.5. The van der Waals surface area contributed by atoms with Crippen LogP contribution in [0, 0.1) is 27.7 Å². The van der Waals surface area contributed by atoms with Crippen LogP contribution in [-0.2, 0) is 0 Å². The number of rotatable bonds is 4. The van der Waals surface area contributed by atoms with E-state index in [0.717, 1.165) is 34.0 Å². The Morgan fingerprint density at radius 2 is 1.66 bits per heavy atom. The summed E-state index contributed by atoms with van der Waals surface area (Å²) in [7, 11) is 0. The number of hydrogen-bond donors (Lipinski definition) is 1. The molecule has 0 spiro atoms. The standard InChI is InChI=1S/C28H26Cl2N4S/c1-16-12-17(2)14-20(13-16)34-27(26(32-28(34)35)23-9-5-6-11-31-23)21-15-18(3)33(19(21)4)24-10-7-8-22(29)25(24)30/h5-15,26-27H,1-4H3,(H,32,35)/t26-,27-/m1/s1. The highest BCUT2D eigenvalue weighted by Gasteiger charge is 2.42. The van der Waals surface area contributed by atoms with Crippen LogP contribution in [-0.4, -0.2) is 14.7 Å². The zero-order valence-corrected chi connectivity index (χ0v) is 22.3. The number of pyridine rings is 1. The third-order valence-corrected chi connectivity index (χ3v) is 7.67. The molecule has 7 heteroatoms. The molecule has 0 bridgehead atoms. The highest BCUT2D eigenvalue weighted by molar-refractivity contribution is 7.80. The Balaban J connectivity index is 1.72. The van der Waals surface area contributed by atoms with Crippen LogP contribution in [0.4, 0.5) is 5.69 Å². The second kappa shape index (κ2) is 9.30. The topological polar surface area (TPSA) is 33.1 Å². The van der Waals surface area contributed by atoms with Gasteiger partial charge in [0.2, 0.25) is 0 Å². The first kappa shape index (κ1) is 23.9. The third kappa shape index (κ3) is 4.22. The number of hydrogen-bond acceptors (Lipinski definition) is 2. The third-order valence-electron chi connectivity index (χ3n) is 6.54. The number of halogens is 2. The lowest BCUT2D eigenvalue weighted by molar-refractivity contribution is 0.565. The van der Waals surface area contributed by atoms with Crippen LogP contribution in [0.25, 0.3) is 5.69 Å². The van der Waals surface area contributed by atoms with Gasteiger partial charge >= 0.3 is 0 Å². The Labute approximate surface area is 221 Å². The first-order chi connectivity index (χ1) is 16.8. The summed E-state index contributed by atoms with van der Waals surface area (Å²) in [5, 5.41) is 5.31. The molecule has 0 aliphatic carbocycles. The van der Waals surface area contributed by atoms with Crippen LogP contribution >= 0.6 is 35.4 Å². The predicted octanol–water partition coefficient (Wildman–Crippen LogP) is 7.59. The van der Waals surface area contributed by atoms with Crippen LogP contribution in [0.15, 0.2) is 66.9 Å². The molecular formula is C28H26Cl2N4S. The van der Waals surface area contributed by atoms with Crippen molar-refractivity contribution in [3.8, 4) is 5.69 Å². The van der Waals surface area contributed by atoms with E-state index in [0.29, 0.717) is 15.2 Å².